The van der Waals surface area contributed by atoms with Crippen molar-refractivity contribution in [2.45, 2.75) is 45.1 Å². The molecule has 0 bridgehead atoms. The number of amides is 1. The first kappa shape index (κ1) is 16.1. The number of benzene rings is 1. The van der Waals surface area contributed by atoms with Gasteiger partial charge in [0.2, 0.25) is 0 Å². The van der Waals surface area contributed by atoms with Crippen LogP contribution in [0.1, 0.15) is 48.5 Å². The molecule has 2 rings (SSSR count). The molecule has 2 nitrogen and oxygen atoms in total. The van der Waals surface area contributed by atoms with Crippen molar-refractivity contribution in [3.63, 3.8) is 0 Å². The minimum absolute atomic E-state index is 0.00769. The molecular formula is C16H21ClINO. The van der Waals surface area contributed by atoms with E-state index in [0.29, 0.717) is 5.88 Å². The average molecular weight is 406 g/mol. The van der Waals surface area contributed by atoms with Gasteiger partial charge in [0.1, 0.15) is 0 Å². The predicted molar refractivity (Wildman–Crippen MR) is 92.4 cm³/mol. The Morgan fingerprint density at radius 2 is 2.10 bits per heavy atom. The van der Waals surface area contributed by atoms with Gasteiger partial charge in [0, 0.05) is 9.45 Å². The Balaban J connectivity index is 2.15. The van der Waals surface area contributed by atoms with Crippen LogP contribution in [0.2, 0.25) is 0 Å². The molecule has 0 aliphatic heterocycles. The molecule has 1 aliphatic rings. The number of carbonyl (C=O) groups excluding carboxylic acids is 1. The quantitative estimate of drug-likeness (QED) is 0.581. The topological polar surface area (TPSA) is 29.1 Å². The second kappa shape index (κ2) is 6.65. The van der Waals surface area contributed by atoms with Crippen molar-refractivity contribution >= 4 is 40.1 Å². The number of hydrogen-bond donors (Lipinski definition) is 1. The van der Waals surface area contributed by atoms with Crippen molar-refractivity contribution in [2.24, 2.45) is 5.92 Å². The second-order valence-electron chi connectivity index (χ2n) is 5.99. The van der Waals surface area contributed by atoms with E-state index < -0.39 is 0 Å². The molecule has 1 aromatic carbocycles. The summed E-state index contributed by atoms with van der Waals surface area (Å²) < 4.78 is 1.02. The summed E-state index contributed by atoms with van der Waals surface area (Å²) >= 11 is 8.41. The molecule has 1 aromatic rings. The first-order valence-electron chi connectivity index (χ1n) is 7.11. The van der Waals surface area contributed by atoms with Crippen LogP contribution in [-0.2, 0) is 0 Å². The van der Waals surface area contributed by atoms with E-state index >= 15 is 0 Å². The molecule has 0 radical (unpaired) electrons. The summed E-state index contributed by atoms with van der Waals surface area (Å²) in [5, 5.41) is 3.21. The second-order valence-corrected chi connectivity index (χ2v) is 7.33. The summed E-state index contributed by atoms with van der Waals surface area (Å²) in [5.41, 5.74) is 1.67. The third kappa shape index (κ3) is 3.48. The van der Waals surface area contributed by atoms with Gasteiger partial charge < -0.3 is 5.32 Å². The zero-order chi connectivity index (χ0) is 14.8. The molecule has 4 heteroatoms. The van der Waals surface area contributed by atoms with E-state index in [4.69, 9.17) is 11.6 Å². The van der Waals surface area contributed by atoms with Gasteiger partial charge in [0.25, 0.3) is 5.91 Å². The van der Waals surface area contributed by atoms with Crippen LogP contribution in [0, 0.1) is 16.4 Å². The lowest BCUT2D eigenvalue weighted by Gasteiger charge is -2.38. The van der Waals surface area contributed by atoms with E-state index in [0.717, 1.165) is 46.3 Å². The largest absolute Gasteiger partial charge is 0.345 e. The van der Waals surface area contributed by atoms with Crippen LogP contribution >= 0.6 is 34.2 Å². The molecule has 1 N–H and O–H groups in total. The Hall–Kier alpha value is -0.290. The lowest BCUT2D eigenvalue weighted by molar-refractivity contribution is 0.0871. The summed E-state index contributed by atoms with van der Waals surface area (Å²) in [6.45, 7) is 4.29. The number of carbonyl (C=O) groups is 1. The molecule has 1 fully saturated rings. The molecule has 0 saturated heterocycles. The smallest absolute Gasteiger partial charge is 0.252 e. The summed E-state index contributed by atoms with van der Waals surface area (Å²) in [6, 6.07) is 5.85. The van der Waals surface area contributed by atoms with Crippen LogP contribution in [0.15, 0.2) is 18.2 Å². The van der Waals surface area contributed by atoms with Gasteiger partial charge in [0.15, 0.2) is 0 Å². The number of nitrogens with one attached hydrogen (secondary N) is 1. The zero-order valence-corrected chi connectivity index (χ0v) is 14.9. The molecule has 20 heavy (non-hydrogen) atoms. The zero-order valence-electron chi connectivity index (χ0n) is 12.0. The summed E-state index contributed by atoms with van der Waals surface area (Å²) in [7, 11) is 0. The summed E-state index contributed by atoms with van der Waals surface area (Å²) in [4.78, 5) is 12.6. The first-order chi connectivity index (χ1) is 9.47. The van der Waals surface area contributed by atoms with Crippen LogP contribution < -0.4 is 5.32 Å². The lowest BCUT2D eigenvalue weighted by atomic mass is 9.78. The maximum Gasteiger partial charge on any atom is 0.252 e. The van der Waals surface area contributed by atoms with Crippen LogP contribution in [0.25, 0.3) is 0 Å². The minimum atomic E-state index is -0.224. The van der Waals surface area contributed by atoms with Gasteiger partial charge in [-0.3, -0.25) is 4.79 Å². The van der Waals surface area contributed by atoms with Crippen molar-refractivity contribution in [3.8, 4) is 0 Å². The molecule has 0 heterocycles. The highest BCUT2D eigenvalue weighted by molar-refractivity contribution is 14.1. The van der Waals surface area contributed by atoms with Crippen molar-refractivity contribution < 1.29 is 4.79 Å². The highest BCUT2D eigenvalue weighted by Gasteiger charge is 2.35. The SMILES string of the molecule is Cc1cccc(C(=O)NC2(CCl)CCC(C)CC2)c1I. The number of hydrogen-bond acceptors (Lipinski definition) is 1. The Bertz CT molecular complexity index is 495. The molecule has 1 amide bonds. The molecule has 1 aliphatic carbocycles. The van der Waals surface area contributed by atoms with Crippen LogP contribution in [0.5, 0.6) is 0 Å². The first-order valence-corrected chi connectivity index (χ1v) is 8.72. The molecule has 0 unspecified atom stereocenters. The fourth-order valence-electron chi connectivity index (χ4n) is 2.74. The Morgan fingerprint density at radius 3 is 2.70 bits per heavy atom. The van der Waals surface area contributed by atoms with Gasteiger partial charge >= 0.3 is 0 Å². The fraction of sp³-hybridized carbons (Fsp3) is 0.562. The molecular weight excluding hydrogens is 385 g/mol. The third-order valence-corrected chi connectivity index (χ3v) is 6.25. The maximum atomic E-state index is 12.6. The van der Waals surface area contributed by atoms with Crippen LogP contribution in [0.4, 0.5) is 0 Å². The molecule has 1 saturated carbocycles. The summed E-state index contributed by atoms with van der Waals surface area (Å²) in [6.07, 6.45) is 4.23. The number of aryl methyl sites for hydroxylation is 1. The standard InChI is InChI=1S/C16H21ClINO/c1-11-6-8-16(10-17,9-7-11)19-15(20)13-5-3-4-12(2)14(13)18/h3-5,11H,6-10H2,1-2H3,(H,19,20). The molecule has 110 valence electrons. The molecule has 0 spiro atoms. The van der Waals surface area contributed by atoms with Crippen LogP contribution in [0.3, 0.4) is 0 Å². The normalized spacial score (nSPS) is 26.3. The highest BCUT2D eigenvalue weighted by Crippen LogP contribution is 2.33. The van der Waals surface area contributed by atoms with E-state index in [9.17, 15) is 4.79 Å². The van der Waals surface area contributed by atoms with Crippen molar-refractivity contribution in [3.05, 3.63) is 32.9 Å². The van der Waals surface area contributed by atoms with E-state index in [1.54, 1.807) is 0 Å². The molecule has 0 aromatic heterocycles. The number of alkyl halides is 1. The van der Waals surface area contributed by atoms with Gasteiger partial charge in [-0.1, -0.05) is 19.1 Å². The van der Waals surface area contributed by atoms with E-state index in [1.807, 2.05) is 25.1 Å². The lowest BCUT2D eigenvalue weighted by Crippen LogP contribution is -2.52. The van der Waals surface area contributed by atoms with Crippen molar-refractivity contribution in [2.75, 3.05) is 5.88 Å². The Labute approximate surface area is 139 Å². The van der Waals surface area contributed by atoms with Crippen molar-refractivity contribution in [1.29, 1.82) is 0 Å². The third-order valence-electron chi connectivity index (χ3n) is 4.30. The van der Waals surface area contributed by atoms with Gasteiger partial charge in [0.05, 0.1) is 11.1 Å². The molecule has 0 atom stereocenters. The fourth-order valence-corrected chi connectivity index (χ4v) is 3.68. The Morgan fingerprint density at radius 1 is 1.45 bits per heavy atom. The average Bonchev–Trinajstić information content (AvgIpc) is 2.44. The highest BCUT2D eigenvalue weighted by atomic mass is 127. The van der Waals surface area contributed by atoms with Gasteiger partial charge in [-0.15, -0.1) is 11.6 Å². The van der Waals surface area contributed by atoms with E-state index in [-0.39, 0.29) is 11.4 Å². The van der Waals surface area contributed by atoms with E-state index in [1.165, 1.54) is 0 Å². The predicted octanol–water partition coefficient (Wildman–Crippen LogP) is 4.52. The van der Waals surface area contributed by atoms with Gasteiger partial charge in [-0.2, -0.15) is 0 Å². The number of halogens is 2. The van der Waals surface area contributed by atoms with Gasteiger partial charge in [-0.05, 0) is 72.7 Å². The monoisotopic (exact) mass is 405 g/mol. The maximum absolute atomic E-state index is 12.6. The Kier molecular flexibility index (Phi) is 5.35. The van der Waals surface area contributed by atoms with Crippen molar-refractivity contribution in [1.82, 2.24) is 5.32 Å². The van der Waals surface area contributed by atoms with Crippen LogP contribution in [-0.4, -0.2) is 17.3 Å². The van der Waals surface area contributed by atoms with E-state index in [2.05, 4.69) is 34.8 Å². The summed E-state index contributed by atoms with van der Waals surface area (Å²) in [5.74, 6) is 1.24. The minimum Gasteiger partial charge on any atom is -0.345 e. The number of rotatable bonds is 3. The van der Waals surface area contributed by atoms with Gasteiger partial charge in [-0.25, -0.2) is 0 Å².